The quantitative estimate of drug-likeness (QED) is 0.582. The standard InChI is InChI=1S/C15H20Cl2N2O4/c1-4-5-11(19-10(20)7-18-14(19)22)23-13(21)12-8(6-9(16)17)15(12,2)3/h6,8,11-12H,4-5,7H2,1-3H3,(H,18,22). The normalized spacial score (nSPS) is 26.6. The van der Waals surface area contributed by atoms with Gasteiger partial charge in [0.25, 0.3) is 5.91 Å². The van der Waals surface area contributed by atoms with Crippen molar-refractivity contribution in [3.8, 4) is 0 Å². The van der Waals surface area contributed by atoms with E-state index in [1.807, 2.05) is 20.8 Å². The summed E-state index contributed by atoms with van der Waals surface area (Å²) in [5.41, 5.74) is -0.319. The van der Waals surface area contributed by atoms with E-state index in [9.17, 15) is 14.4 Å². The van der Waals surface area contributed by atoms with Crippen LogP contribution in [0.2, 0.25) is 0 Å². The number of hydrogen-bond donors (Lipinski definition) is 1. The molecule has 0 spiro atoms. The molecule has 1 heterocycles. The van der Waals surface area contributed by atoms with Gasteiger partial charge in [0.15, 0.2) is 6.23 Å². The smallest absolute Gasteiger partial charge is 0.327 e. The zero-order valence-corrected chi connectivity index (χ0v) is 14.8. The van der Waals surface area contributed by atoms with Gasteiger partial charge in [-0.25, -0.2) is 9.69 Å². The van der Waals surface area contributed by atoms with Gasteiger partial charge in [-0.05, 0) is 17.4 Å². The first kappa shape index (κ1) is 18.1. The second-order valence-electron chi connectivity index (χ2n) is 6.38. The third-order valence-corrected chi connectivity index (χ3v) is 4.68. The monoisotopic (exact) mass is 362 g/mol. The third-order valence-electron chi connectivity index (χ3n) is 4.42. The summed E-state index contributed by atoms with van der Waals surface area (Å²) in [7, 11) is 0. The van der Waals surface area contributed by atoms with E-state index in [0.717, 1.165) is 4.90 Å². The lowest BCUT2D eigenvalue weighted by Crippen LogP contribution is -2.43. The van der Waals surface area contributed by atoms with Crippen LogP contribution in [0.3, 0.4) is 0 Å². The molecule has 1 N–H and O–H groups in total. The van der Waals surface area contributed by atoms with E-state index < -0.39 is 30.1 Å². The average Bonchev–Trinajstić information content (AvgIpc) is 2.78. The number of rotatable bonds is 6. The van der Waals surface area contributed by atoms with Crippen LogP contribution in [-0.4, -0.2) is 35.6 Å². The highest BCUT2D eigenvalue weighted by Crippen LogP contribution is 2.60. The minimum Gasteiger partial charge on any atom is -0.441 e. The molecule has 8 heteroatoms. The molecular formula is C15H20Cl2N2O4. The van der Waals surface area contributed by atoms with Gasteiger partial charge in [0.2, 0.25) is 0 Å². The molecule has 0 aromatic heterocycles. The first-order valence-electron chi connectivity index (χ1n) is 7.53. The summed E-state index contributed by atoms with van der Waals surface area (Å²) in [6.07, 6.45) is 1.81. The SMILES string of the molecule is CCCC(OC(=O)C1C(C=C(Cl)Cl)C1(C)C)N1C(=O)CNC1=O. The van der Waals surface area contributed by atoms with Crippen LogP contribution in [0.4, 0.5) is 4.79 Å². The molecule has 2 aliphatic rings. The highest BCUT2D eigenvalue weighted by Gasteiger charge is 2.62. The molecule has 0 aromatic carbocycles. The molecule has 0 bridgehead atoms. The second kappa shape index (κ2) is 6.69. The van der Waals surface area contributed by atoms with E-state index >= 15 is 0 Å². The van der Waals surface area contributed by atoms with Crippen molar-refractivity contribution in [2.24, 2.45) is 17.3 Å². The Labute approximate surface area is 145 Å². The van der Waals surface area contributed by atoms with Crippen molar-refractivity contribution in [2.45, 2.75) is 39.8 Å². The van der Waals surface area contributed by atoms with Crippen LogP contribution in [0, 0.1) is 17.3 Å². The number of carbonyl (C=O) groups excluding carboxylic acids is 3. The third kappa shape index (κ3) is 3.63. The summed E-state index contributed by atoms with van der Waals surface area (Å²) >= 11 is 11.4. The number of urea groups is 1. The number of ether oxygens (including phenoxy) is 1. The van der Waals surface area contributed by atoms with E-state index in [1.54, 1.807) is 6.08 Å². The van der Waals surface area contributed by atoms with Crippen molar-refractivity contribution >= 4 is 41.1 Å². The molecule has 3 unspecified atom stereocenters. The fraction of sp³-hybridized carbons (Fsp3) is 0.667. The molecule has 23 heavy (non-hydrogen) atoms. The zero-order chi connectivity index (χ0) is 17.4. The number of carbonyl (C=O) groups is 3. The van der Waals surface area contributed by atoms with E-state index in [4.69, 9.17) is 27.9 Å². The van der Waals surface area contributed by atoms with E-state index in [2.05, 4.69) is 5.32 Å². The van der Waals surface area contributed by atoms with Crippen molar-refractivity contribution in [3.05, 3.63) is 10.6 Å². The molecular weight excluding hydrogens is 343 g/mol. The second-order valence-corrected chi connectivity index (χ2v) is 7.39. The minimum atomic E-state index is -0.880. The minimum absolute atomic E-state index is 0.0707. The van der Waals surface area contributed by atoms with Gasteiger partial charge in [-0.1, -0.05) is 50.4 Å². The van der Waals surface area contributed by atoms with Gasteiger partial charge >= 0.3 is 12.0 Å². The number of amides is 3. The summed E-state index contributed by atoms with van der Waals surface area (Å²) in [5, 5.41) is 2.43. The van der Waals surface area contributed by atoms with Crippen LogP contribution in [0.15, 0.2) is 10.6 Å². The lowest BCUT2D eigenvalue weighted by atomic mass is 10.1. The lowest BCUT2D eigenvalue weighted by molar-refractivity contribution is -0.162. The Morgan fingerprint density at radius 2 is 2.13 bits per heavy atom. The van der Waals surface area contributed by atoms with E-state index in [0.29, 0.717) is 12.8 Å². The average molecular weight is 363 g/mol. The van der Waals surface area contributed by atoms with Crippen LogP contribution < -0.4 is 5.32 Å². The fourth-order valence-corrected chi connectivity index (χ4v) is 3.27. The number of nitrogens with zero attached hydrogens (tertiary/aromatic N) is 1. The largest absolute Gasteiger partial charge is 0.441 e. The maximum atomic E-state index is 12.5. The number of esters is 1. The van der Waals surface area contributed by atoms with Crippen LogP contribution in [-0.2, 0) is 14.3 Å². The first-order valence-corrected chi connectivity index (χ1v) is 8.29. The molecule has 3 amide bonds. The van der Waals surface area contributed by atoms with E-state index in [-0.39, 0.29) is 22.4 Å². The maximum Gasteiger partial charge on any atom is 0.327 e. The molecule has 0 radical (unpaired) electrons. The van der Waals surface area contributed by atoms with Gasteiger partial charge in [0.05, 0.1) is 12.5 Å². The van der Waals surface area contributed by atoms with Gasteiger partial charge < -0.3 is 10.1 Å². The zero-order valence-electron chi connectivity index (χ0n) is 13.3. The molecule has 6 nitrogen and oxygen atoms in total. The maximum absolute atomic E-state index is 12.5. The number of imide groups is 1. The van der Waals surface area contributed by atoms with Crippen LogP contribution in [0.1, 0.15) is 33.6 Å². The highest BCUT2D eigenvalue weighted by atomic mass is 35.5. The predicted octanol–water partition coefficient (Wildman–Crippen LogP) is 2.80. The van der Waals surface area contributed by atoms with Crippen molar-refractivity contribution < 1.29 is 19.1 Å². The Hall–Kier alpha value is -1.27. The van der Waals surface area contributed by atoms with Crippen molar-refractivity contribution in [1.29, 1.82) is 0 Å². The Kier molecular flexibility index (Phi) is 5.26. The summed E-state index contributed by atoms with van der Waals surface area (Å²) in [5.74, 6) is -1.35. The highest BCUT2D eigenvalue weighted by molar-refractivity contribution is 6.55. The van der Waals surface area contributed by atoms with Crippen molar-refractivity contribution in [3.63, 3.8) is 0 Å². The predicted molar refractivity (Wildman–Crippen MR) is 85.6 cm³/mol. The molecule has 0 aromatic rings. The molecule has 1 saturated carbocycles. The molecule has 2 rings (SSSR count). The number of halogens is 2. The Bertz CT molecular complexity index is 542. The van der Waals surface area contributed by atoms with Gasteiger partial charge in [0.1, 0.15) is 4.49 Å². The molecule has 3 atom stereocenters. The number of hydrogen-bond acceptors (Lipinski definition) is 4. The fourth-order valence-electron chi connectivity index (χ4n) is 3.00. The summed E-state index contributed by atoms with van der Waals surface area (Å²) in [6, 6.07) is -0.531. The topological polar surface area (TPSA) is 75.7 Å². The number of nitrogens with one attached hydrogen (secondary N) is 1. The van der Waals surface area contributed by atoms with Crippen LogP contribution in [0.5, 0.6) is 0 Å². The van der Waals surface area contributed by atoms with E-state index in [1.165, 1.54) is 0 Å². The molecule has 2 fully saturated rings. The summed E-state index contributed by atoms with van der Waals surface area (Å²) in [4.78, 5) is 37.0. The van der Waals surface area contributed by atoms with Gasteiger partial charge in [0, 0.05) is 6.42 Å². The van der Waals surface area contributed by atoms with Crippen LogP contribution in [0.25, 0.3) is 0 Å². The van der Waals surface area contributed by atoms with Gasteiger partial charge in [-0.15, -0.1) is 0 Å². The molecule has 1 aliphatic heterocycles. The first-order chi connectivity index (χ1) is 10.7. The van der Waals surface area contributed by atoms with Crippen LogP contribution >= 0.6 is 23.2 Å². The molecule has 128 valence electrons. The molecule has 1 saturated heterocycles. The number of allylic oxidation sites excluding steroid dienone is 1. The Balaban J connectivity index is 2.09. The Morgan fingerprint density at radius 3 is 2.61 bits per heavy atom. The molecule has 1 aliphatic carbocycles. The lowest BCUT2D eigenvalue weighted by Gasteiger charge is -2.24. The van der Waals surface area contributed by atoms with Gasteiger partial charge in [-0.3, -0.25) is 9.59 Å². The van der Waals surface area contributed by atoms with Gasteiger partial charge in [-0.2, -0.15) is 0 Å². The van der Waals surface area contributed by atoms with Crippen molar-refractivity contribution in [1.82, 2.24) is 10.2 Å². The van der Waals surface area contributed by atoms with Crippen molar-refractivity contribution in [2.75, 3.05) is 6.54 Å². The summed E-state index contributed by atoms with van der Waals surface area (Å²) in [6.45, 7) is 5.65. The summed E-state index contributed by atoms with van der Waals surface area (Å²) < 4.78 is 5.59. The Morgan fingerprint density at radius 1 is 1.48 bits per heavy atom.